The number of ether oxygens (including phenoxy) is 1. The van der Waals surface area contributed by atoms with Crippen LogP contribution in [0.1, 0.15) is 17.3 Å². The van der Waals surface area contributed by atoms with Crippen molar-refractivity contribution in [3.8, 4) is 0 Å². The number of nitrogens with zero attached hydrogens (tertiary/aromatic N) is 2. The molecule has 0 fully saturated rings. The van der Waals surface area contributed by atoms with E-state index in [1.807, 2.05) is 17.8 Å². The third-order valence-corrected chi connectivity index (χ3v) is 4.19. The molecule has 1 aromatic carbocycles. The molecule has 114 valence electrons. The second-order valence-electron chi connectivity index (χ2n) is 4.52. The van der Waals surface area contributed by atoms with Crippen molar-refractivity contribution in [2.45, 2.75) is 12.6 Å². The third-order valence-electron chi connectivity index (χ3n) is 3.12. The molecule has 1 atom stereocenters. The predicted molar refractivity (Wildman–Crippen MR) is 86.8 cm³/mol. The van der Waals surface area contributed by atoms with Crippen LogP contribution < -0.4 is 5.32 Å². The molecule has 0 aliphatic carbocycles. The van der Waals surface area contributed by atoms with Gasteiger partial charge in [-0.05, 0) is 46.7 Å². The van der Waals surface area contributed by atoms with E-state index in [1.54, 1.807) is 13.3 Å². The summed E-state index contributed by atoms with van der Waals surface area (Å²) in [6.07, 6.45) is 1.74. The van der Waals surface area contributed by atoms with Crippen LogP contribution in [0.5, 0.6) is 0 Å². The second-order valence-corrected chi connectivity index (χ2v) is 6.29. The molecule has 4 nitrogen and oxygen atoms in total. The van der Waals surface area contributed by atoms with E-state index < -0.39 is 0 Å². The maximum atomic E-state index is 13.7. The zero-order valence-electron chi connectivity index (χ0n) is 11.7. The Balaban J connectivity index is 2.43. The average Bonchev–Trinajstić information content (AvgIpc) is 2.78. The molecule has 0 spiro atoms. The lowest BCUT2D eigenvalue weighted by molar-refractivity contribution is 0.182. The molecular formula is C14H16Br2FN3O. The second kappa shape index (κ2) is 7.49. The Bertz CT molecular complexity index is 598. The number of nitrogens with one attached hydrogen (secondary N) is 1. The molecule has 0 amide bonds. The van der Waals surface area contributed by atoms with Crippen molar-refractivity contribution in [2.75, 3.05) is 20.8 Å². The summed E-state index contributed by atoms with van der Waals surface area (Å²) in [5.74, 6) is -0.279. The van der Waals surface area contributed by atoms with Gasteiger partial charge in [0.05, 0.1) is 35.6 Å². The number of halogens is 3. The quantitative estimate of drug-likeness (QED) is 0.777. The highest BCUT2D eigenvalue weighted by Crippen LogP contribution is 2.30. The molecule has 0 radical (unpaired) electrons. The van der Waals surface area contributed by atoms with Crippen molar-refractivity contribution >= 4 is 31.9 Å². The maximum Gasteiger partial charge on any atom is 0.124 e. The van der Waals surface area contributed by atoms with Crippen LogP contribution in [-0.4, -0.2) is 30.5 Å². The van der Waals surface area contributed by atoms with Gasteiger partial charge in [-0.1, -0.05) is 15.9 Å². The summed E-state index contributed by atoms with van der Waals surface area (Å²) in [6.45, 7) is 1.19. The molecule has 1 heterocycles. The minimum Gasteiger partial charge on any atom is -0.383 e. The van der Waals surface area contributed by atoms with Gasteiger partial charge in [-0.2, -0.15) is 5.10 Å². The van der Waals surface area contributed by atoms with E-state index in [9.17, 15) is 4.39 Å². The molecule has 2 rings (SSSR count). The minimum absolute atomic E-state index is 0.175. The van der Waals surface area contributed by atoms with Crippen molar-refractivity contribution < 1.29 is 9.13 Å². The standard InChI is InChI=1S/C14H16Br2FN3O/c1-18-13(9-5-10(15)7-11(17)6-9)14-12(16)8-19-20(14)3-4-21-2/h5-8,13,18H,3-4H2,1-2H3. The molecule has 1 aromatic heterocycles. The van der Waals surface area contributed by atoms with Crippen molar-refractivity contribution in [3.05, 3.63) is 50.4 Å². The SMILES string of the molecule is CNC(c1cc(F)cc(Br)c1)c1c(Br)cnn1CCOC. The number of methoxy groups -OCH3 is 1. The van der Waals surface area contributed by atoms with Gasteiger partial charge in [0, 0.05) is 11.6 Å². The van der Waals surface area contributed by atoms with Gasteiger partial charge in [0.15, 0.2) is 0 Å². The summed E-state index contributed by atoms with van der Waals surface area (Å²) in [6, 6.07) is 4.68. The van der Waals surface area contributed by atoms with Crippen LogP contribution in [0, 0.1) is 5.82 Å². The fraction of sp³-hybridized carbons (Fsp3) is 0.357. The zero-order chi connectivity index (χ0) is 15.4. The van der Waals surface area contributed by atoms with E-state index in [1.165, 1.54) is 12.1 Å². The summed E-state index contributed by atoms with van der Waals surface area (Å²) >= 11 is 6.85. The van der Waals surface area contributed by atoms with Crippen molar-refractivity contribution in [2.24, 2.45) is 0 Å². The number of aromatic nitrogens is 2. The predicted octanol–water partition coefficient (Wildman–Crippen LogP) is 3.50. The van der Waals surface area contributed by atoms with Crippen molar-refractivity contribution in [3.63, 3.8) is 0 Å². The van der Waals surface area contributed by atoms with Crippen LogP contribution in [0.2, 0.25) is 0 Å². The highest BCUT2D eigenvalue weighted by atomic mass is 79.9. The molecule has 1 unspecified atom stereocenters. The summed E-state index contributed by atoms with van der Waals surface area (Å²) < 4.78 is 22.2. The van der Waals surface area contributed by atoms with E-state index in [4.69, 9.17) is 4.74 Å². The van der Waals surface area contributed by atoms with Crippen LogP contribution in [0.15, 0.2) is 33.3 Å². The highest BCUT2D eigenvalue weighted by molar-refractivity contribution is 9.10. The number of hydrogen-bond acceptors (Lipinski definition) is 3. The zero-order valence-corrected chi connectivity index (χ0v) is 14.9. The van der Waals surface area contributed by atoms with Gasteiger partial charge in [0.25, 0.3) is 0 Å². The Morgan fingerprint density at radius 3 is 2.76 bits per heavy atom. The monoisotopic (exact) mass is 419 g/mol. The smallest absolute Gasteiger partial charge is 0.124 e. The van der Waals surface area contributed by atoms with Gasteiger partial charge in [-0.15, -0.1) is 0 Å². The molecule has 21 heavy (non-hydrogen) atoms. The van der Waals surface area contributed by atoms with Gasteiger partial charge < -0.3 is 10.1 Å². The van der Waals surface area contributed by atoms with Gasteiger partial charge in [0.1, 0.15) is 5.82 Å². The maximum absolute atomic E-state index is 13.7. The molecule has 7 heteroatoms. The van der Waals surface area contributed by atoms with Crippen LogP contribution >= 0.6 is 31.9 Å². The molecule has 1 N–H and O–H groups in total. The van der Waals surface area contributed by atoms with Gasteiger partial charge >= 0.3 is 0 Å². The normalized spacial score (nSPS) is 12.6. The van der Waals surface area contributed by atoms with Crippen LogP contribution in [0.4, 0.5) is 4.39 Å². The summed E-state index contributed by atoms with van der Waals surface area (Å²) in [4.78, 5) is 0. The molecule has 0 bridgehead atoms. The molecular weight excluding hydrogens is 405 g/mol. The lowest BCUT2D eigenvalue weighted by atomic mass is 10.0. The molecule has 0 saturated carbocycles. The van der Waals surface area contributed by atoms with Crippen molar-refractivity contribution in [1.82, 2.24) is 15.1 Å². The fourth-order valence-electron chi connectivity index (χ4n) is 2.22. The molecule has 2 aromatic rings. The Hall–Kier alpha value is -0.760. The number of hydrogen-bond donors (Lipinski definition) is 1. The first-order valence-corrected chi connectivity index (χ1v) is 7.98. The summed E-state index contributed by atoms with van der Waals surface area (Å²) in [7, 11) is 3.49. The Labute approximate surface area is 139 Å². The van der Waals surface area contributed by atoms with E-state index in [2.05, 4.69) is 42.3 Å². The van der Waals surface area contributed by atoms with Crippen molar-refractivity contribution in [1.29, 1.82) is 0 Å². The average molecular weight is 421 g/mol. The van der Waals surface area contributed by atoms with E-state index in [0.717, 1.165) is 15.7 Å². The first-order chi connectivity index (χ1) is 10.1. The van der Waals surface area contributed by atoms with E-state index in [-0.39, 0.29) is 11.9 Å². The highest BCUT2D eigenvalue weighted by Gasteiger charge is 2.21. The lowest BCUT2D eigenvalue weighted by Gasteiger charge is -2.19. The van der Waals surface area contributed by atoms with E-state index in [0.29, 0.717) is 17.6 Å². The molecule has 0 aliphatic rings. The first kappa shape index (κ1) is 16.6. The van der Waals surface area contributed by atoms with Gasteiger partial charge in [-0.25, -0.2) is 4.39 Å². The number of rotatable bonds is 6. The van der Waals surface area contributed by atoms with Crippen LogP contribution in [0.3, 0.4) is 0 Å². The molecule has 0 saturated heterocycles. The first-order valence-electron chi connectivity index (χ1n) is 6.40. The molecule has 0 aliphatic heterocycles. The topological polar surface area (TPSA) is 39.1 Å². The lowest BCUT2D eigenvalue weighted by Crippen LogP contribution is -2.23. The Morgan fingerprint density at radius 2 is 2.14 bits per heavy atom. The van der Waals surface area contributed by atoms with Crippen LogP contribution in [0.25, 0.3) is 0 Å². The Kier molecular flexibility index (Phi) is 5.92. The summed E-state index contributed by atoms with van der Waals surface area (Å²) in [5.41, 5.74) is 1.76. The van der Waals surface area contributed by atoms with Gasteiger partial charge in [-0.3, -0.25) is 4.68 Å². The number of benzene rings is 1. The Morgan fingerprint density at radius 1 is 1.38 bits per heavy atom. The van der Waals surface area contributed by atoms with Gasteiger partial charge in [0.2, 0.25) is 0 Å². The minimum atomic E-state index is -0.279. The van der Waals surface area contributed by atoms with E-state index >= 15 is 0 Å². The van der Waals surface area contributed by atoms with Crippen LogP contribution in [-0.2, 0) is 11.3 Å². The summed E-state index contributed by atoms with van der Waals surface area (Å²) in [5, 5.41) is 7.55. The largest absolute Gasteiger partial charge is 0.383 e. The third kappa shape index (κ3) is 3.91. The fourth-order valence-corrected chi connectivity index (χ4v) is 3.23.